The van der Waals surface area contributed by atoms with Gasteiger partial charge < -0.3 is 25.8 Å². The molecule has 1 saturated heterocycles. The van der Waals surface area contributed by atoms with Crippen LogP contribution in [0.5, 0.6) is 0 Å². The van der Waals surface area contributed by atoms with Gasteiger partial charge in [0, 0.05) is 6.04 Å². The molecule has 1 heterocycles. The van der Waals surface area contributed by atoms with Crippen LogP contribution in [0, 0.1) is 17.8 Å². The number of carbonyl (C=O) groups excluding carboxylic acids is 4. The van der Waals surface area contributed by atoms with Crippen LogP contribution in [0.3, 0.4) is 0 Å². The van der Waals surface area contributed by atoms with Crippen LogP contribution in [0.25, 0.3) is 0 Å². The van der Waals surface area contributed by atoms with Gasteiger partial charge in [0.15, 0.2) is 5.78 Å². The van der Waals surface area contributed by atoms with E-state index in [1.54, 1.807) is 6.92 Å². The van der Waals surface area contributed by atoms with Crippen molar-refractivity contribution in [2.45, 2.75) is 130 Å². The highest BCUT2D eigenvalue weighted by molar-refractivity contribution is 5.98. The number of aliphatic hydroxyl groups is 1. The zero-order valence-corrected chi connectivity index (χ0v) is 26.0. The lowest BCUT2D eigenvalue weighted by atomic mass is 9.92. The molecule has 3 amide bonds. The number of Topliss-reactive ketones (excluding diaryl/α,β-unsaturated/α-hetero) is 1. The summed E-state index contributed by atoms with van der Waals surface area (Å²) in [6, 6.07) is -3.33. The smallest absolute Gasteiger partial charge is 0.245 e. The monoisotopic (exact) mass is 554 g/mol. The predicted octanol–water partition coefficient (Wildman–Crippen LogP) is 2.03. The van der Waals surface area contributed by atoms with Gasteiger partial charge >= 0.3 is 0 Å². The Morgan fingerprint density at radius 2 is 1.33 bits per heavy atom. The van der Waals surface area contributed by atoms with Crippen molar-refractivity contribution >= 4 is 23.5 Å². The summed E-state index contributed by atoms with van der Waals surface area (Å²) in [6.07, 6.45) is 0.571. The number of epoxide rings is 1. The lowest BCUT2D eigenvalue weighted by molar-refractivity contribution is -0.138. The van der Waals surface area contributed by atoms with Crippen molar-refractivity contribution in [1.82, 2.24) is 20.9 Å². The van der Waals surface area contributed by atoms with Crippen LogP contribution in [0.1, 0.15) is 88.5 Å². The minimum absolute atomic E-state index is 0.0572. The molecule has 0 aromatic heterocycles. The first kappa shape index (κ1) is 35.0. The SMILES string of the molecule is CC[C@H](C)[C@H](NC(=O)[C@H]([C@@H](C)CC)N(C)C(C)C)C(=O)N[C@H](C(=O)NC(CC(C)C)C(=O)[C@@]1(C)CO1)[C@@H](C)O. The largest absolute Gasteiger partial charge is 0.391 e. The van der Waals surface area contributed by atoms with E-state index in [0.717, 1.165) is 6.42 Å². The van der Waals surface area contributed by atoms with Crippen LogP contribution in [0.4, 0.5) is 0 Å². The van der Waals surface area contributed by atoms with E-state index in [2.05, 4.69) is 16.0 Å². The van der Waals surface area contributed by atoms with Crippen molar-refractivity contribution in [3.63, 3.8) is 0 Å². The number of ketones is 1. The Labute approximate surface area is 235 Å². The maximum atomic E-state index is 13.5. The maximum Gasteiger partial charge on any atom is 0.245 e. The molecule has 0 aliphatic carbocycles. The van der Waals surface area contributed by atoms with E-state index in [1.807, 2.05) is 67.3 Å². The molecule has 1 unspecified atom stereocenters. The molecule has 39 heavy (non-hydrogen) atoms. The highest BCUT2D eigenvalue weighted by atomic mass is 16.6. The molecule has 10 heteroatoms. The fraction of sp³-hybridized carbons (Fsp3) is 0.862. The third kappa shape index (κ3) is 9.83. The third-order valence-electron chi connectivity index (χ3n) is 8.00. The molecule has 1 fully saturated rings. The van der Waals surface area contributed by atoms with Gasteiger partial charge in [-0.05, 0) is 58.9 Å². The summed E-state index contributed by atoms with van der Waals surface area (Å²) in [7, 11) is 1.90. The van der Waals surface area contributed by atoms with Gasteiger partial charge in [0.1, 0.15) is 17.7 Å². The standard InChI is InChI=1S/C29H54N4O6/c1-12-18(7)22(31-28(38)24(19(8)13-2)33(11)17(5)6)26(36)32-23(20(9)34)27(37)30-21(14-16(3)4)25(35)29(10)15-39-29/h16-24,34H,12-15H2,1-11H3,(H,30,37)(H,31,38)(H,32,36)/t18-,19-,20+,21?,22-,23-,24-,29+/m0/s1. The first-order chi connectivity index (χ1) is 18.0. The summed E-state index contributed by atoms with van der Waals surface area (Å²) in [6.45, 7) is 19.1. The Balaban J connectivity index is 3.14. The van der Waals surface area contributed by atoms with Gasteiger partial charge in [-0.3, -0.25) is 24.1 Å². The van der Waals surface area contributed by atoms with E-state index in [0.29, 0.717) is 19.4 Å². The number of ether oxygens (including phenoxy) is 1. The maximum absolute atomic E-state index is 13.5. The first-order valence-corrected chi connectivity index (χ1v) is 14.5. The molecule has 0 radical (unpaired) electrons. The number of hydrogen-bond acceptors (Lipinski definition) is 7. The molecule has 1 aliphatic heterocycles. The summed E-state index contributed by atoms with van der Waals surface area (Å²) in [5.41, 5.74) is -0.919. The molecule has 8 atom stereocenters. The van der Waals surface area contributed by atoms with Gasteiger partial charge in [-0.25, -0.2) is 0 Å². The number of carbonyl (C=O) groups is 4. The van der Waals surface area contributed by atoms with Gasteiger partial charge in [-0.15, -0.1) is 0 Å². The van der Waals surface area contributed by atoms with Crippen LogP contribution >= 0.6 is 0 Å². The number of nitrogens with zero attached hydrogens (tertiary/aromatic N) is 1. The fourth-order valence-corrected chi connectivity index (χ4v) is 4.56. The van der Waals surface area contributed by atoms with E-state index in [-0.39, 0.29) is 35.5 Å². The van der Waals surface area contributed by atoms with Gasteiger partial charge in [-0.2, -0.15) is 0 Å². The Bertz CT molecular complexity index is 842. The summed E-state index contributed by atoms with van der Waals surface area (Å²) in [5, 5.41) is 18.8. The third-order valence-corrected chi connectivity index (χ3v) is 8.00. The van der Waals surface area contributed by atoms with E-state index in [4.69, 9.17) is 4.74 Å². The number of likely N-dealkylation sites (N-methyl/N-ethyl adjacent to an activating group) is 1. The summed E-state index contributed by atoms with van der Waals surface area (Å²) in [4.78, 5) is 55.3. The molecule has 0 aromatic carbocycles. The number of nitrogens with one attached hydrogen (secondary N) is 3. The van der Waals surface area contributed by atoms with E-state index in [1.165, 1.54) is 6.92 Å². The minimum Gasteiger partial charge on any atom is -0.391 e. The molecule has 10 nitrogen and oxygen atoms in total. The molecule has 226 valence electrons. The van der Waals surface area contributed by atoms with Crippen molar-refractivity contribution in [3.8, 4) is 0 Å². The molecule has 4 N–H and O–H groups in total. The van der Waals surface area contributed by atoms with Gasteiger partial charge in [0.2, 0.25) is 17.7 Å². The van der Waals surface area contributed by atoms with Crippen LogP contribution in [-0.4, -0.2) is 89.1 Å². The predicted molar refractivity (Wildman–Crippen MR) is 152 cm³/mol. The van der Waals surface area contributed by atoms with Crippen molar-refractivity contribution in [3.05, 3.63) is 0 Å². The fourth-order valence-electron chi connectivity index (χ4n) is 4.56. The normalized spacial score (nSPS) is 22.4. The highest BCUT2D eigenvalue weighted by Gasteiger charge is 2.50. The quantitative estimate of drug-likeness (QED) is 0.202. The molecule has 0 aromatic rings. The second-order valence-corrected chi connectivity index (χ2v) is 12.3. The van der Waals surface area contributed by atoms with Crippen LogP contribution < -0.4 is 16.0 Å². The van der Waals surface area contributed by atoms with Crippen molar-refractivity contribution in [2.24, 2.45) is 17.8 Å². The molecule has 0 spiro atoms. The van der Waals surface area contributed by atoms with Gasteiger partial charge in [0.25, 0.3) is 0 Å². The van der Waals surface area contributed by atoms with Gasteiger partial charge in [0.05, 0.1) is 24.8 Å². The average molecular weight is 555 g/mol. The zero-order valence-electron chi connectivity index (χ0n) is 26.0. The molecular weight excluding hydrogens is 500 g/mol. The topological polar surface area (TPSA) is 140 Å². The van der Waals surface area contributed by atoms with E-state index < -0.39 is 47.7 Å². The van der Waals surface area contributed by atoms with Crippen LogP contribution in [0.15, 0.2) is 0 Å². The minimum atomic E-state index is -1.31. The second-order valence-electron chi connectivity index (χ2n) is 12.3. The first-order valence-electron chi connectivity index (χ1n) is 14.5. The number of rotatable bonds is 17. The molecular formula is C29H54N4O6. The highest BCUT2D eigenvalue weighted by Crippen LogP contribution is 2.29. The zero-order chi connectivity index (χ0) is 30.2. The number of hydrogen-bond donors (Lipinski definition) is 4. The lowest BCUT2D eigenvalue weighted by Crippen LogP contribution is -2.62. The average Bonchev–Trinajstić information content (AvgIpc) is 3.61. The molecule has 1 rings (SSSR count). The molecule has 1 aliphatic rings. The van der Waals surface area contributed by atoms with Gasteiger partial charge in [-0.1, -0.05) is 54.4 Å². The van der Waals surface area contributed by atoms with Crippen molar-refractivity contribution < 1.29 is 29.0 Å². The summed E-state index contributed by atoms with van der Waals surface area (Å²) in [5.74, 6) is -1.74. The number of aliphatic hydroxyl groups excluding tert-OH is 1. The lowest BCUT2D eigenvalue weighted by Gasteiger charge is -2.36. The Hall–Kier alpha value is -2.04. The van der Waals surface area contributed by atoms with Crippen LogP contribution in [0.2, 0.25) is 0 Å². The Kier molecular flexibility index (Phi) is 13.5. The summed E-state index contributed by atoms with van der Waals surface area (Å²) < 4.78 is 5.29. The summed E-state index contributed by atoms with van der Waals surface area (Å²) >= 11 is 0. The Morgan fingerprint density at radius 3 is 1.74 bits per heavy atom. The molecule has 0 saturated carbocycles. The van der Waals surface area contributed by atoms with E-state index in [9.17, 15) is 24.3 Å². The van der Waals surface area contributed by atoms with E-state index >= 15 is 0 Å². The molecule has 0 bridgehead atoms. The van der Waals surface area contributed by atoms with Crippen molar-refractivity contribution in [1.29, 1.82) is 0 Å². The van der Waals surface area contributed by atoms with Crippen molar-refractivity contribution in [2.75, 3.05) is 13.7 Å². The number of amides is 3. The Morgan fingerprint density at radius 1 is 0.846 bits per heavy atom. The van der Waals surface area contributed by atoms with Crippen LogP contribution in [-0.2, 0) is 23.9 Å². The second kappa shape index (κ2) is 15.1.